The number of hydrogen-bond acceptors (Lipinski definition) is 10. The van der Waals surface area contributed by atoms with Crippen LogP contribution in [-0.4, -0.2) is 90.2 Å². The Kier molecular flexibility index (Phi) is 6.55. The number of carbonyl (C=O) groups is 5. The first kappa shape index (κ1) is 26.3. The standard InChI is InChI=1S/C25H31N3O7S/c1-27(2)14-8-11(9-36-5)19(29)16-12(14)6-10-7-13-18(28(3)4)21(31)17(24(26)34)23(33)25(13,35)22(32)15(10)20(16)30/h8,10,13,15,17-18,29,35H,6-7,9H2,1-5H3,(H2,26,34)/t10-,13-,15?,17?,18-,25-/m0/s1. The Hall–Kier alpha value is -2.76. The first-order chi connectivity index (χ1) is 16.8. The van der Waals surface area contributed by atoms with E-state index in [1.807, 2.05) is 31.3 Å². The van der Waals surface area contributed by atoms with E-state index in [1.165, 1.54) is 16.7 Å². The van der Waals surface area contributed by atoms with E-state index >= 15 is 0 Å². The van der Waals surface area contributed by atoms with Crippen LogP contribution >= 0.6 is 11.8 Å². The number of fused-ring (bicyclic) bond motifs is 3. The van der Waals surface area contributed by atoms with Crippen LogP contribution in [0.4, 0.5) is 5.69 Å². The van der Waals surface area contributed by atoms with Gasteiger partial charge in [-0.15, -0.1) is 0 Å². The summed E-state index contributed by atoms with van der Waals surface area (Å²) in [4.78, 5) is 69.5. The lowest BCUT2D eigenvalue weighted by atomic mass is 9.52. The van der Waals surface area contributed by atoms with Crippen LogP contribution in [0.2, 0.25) is 0 Å². The summed E-state index contributed by atoms with van der Waals surface area (Å²) < 4.78 is 0. The lowest BCUT2D eigenvalue weighted by Gasteiger charge is -2.52. The van der Waals surface area contributed by atoms with Crippen molar-refractivity contribution in [3.8, 4) is 5.75 Å². The van der Waals surface area contributed by atoms with Gasteiger partial charge in [-0.05, 0) is 50.7 Å². The smallest absolute Gasteiger partial charge is 0.235 e. The highest BCUT2D eigenvalue weighted by Crippen LogP contribution is 2.52. The van der Waals surface area contributed by atoms with Gasteiger partial charge in [-0.2, -0.15) is 11.8 Å². The monoisotopic (exact) mass is 517 g/mol. The summed E-state index contributed by atoms with van der Waals surface area (Å²) in [5, 5.41) is 22.7. The highest BCUT2D eigenvalue weighted by atomic mass is 32.2. The third-order valence-corrected chi connectivity index (χ3v) is 8.50. The zero-order chi connectivity index (χ0) is 26.9. The molecule has 10 nitrogen and oxygen atoms in total. The molecule has 0 radical (unpaired) electrons. The van der Waals surface area contributed by atoms with Gasteiger partial charge in [0.25, 0.3) is 0 Å². The Morgan fingerprint density at radius 3 is 2.33 bits per heavy atom. The number of likely N-dealkylation sites (N-methyl/N-ethyl adjacent to an activating group) is 1. The fourth-order valence-electron chi connectivity index (χ4n) is 6.37. The van der Waals surface area contributed by atoms with Crippen LogP contribution in [0.15, 0.2) is 6.07 Å². The molecule has 0 bridgehead atoms. The molecule has 0 aliphatic heterocycles. The number of rotatable bonds is 5. The summed E-state index contributed by atoms with van der Waals surface area (Å²) in [7, 11) is 6.76. The molecule has 36 heavy (non-hydrogen) atoms. The minimum absolute atomic E-state index is 0.0249. The number of amides is 1. The van der Waals surface area contributed by atoms with Crippen LogP contribution in [-0.2, 0) is 31.4 Å². The Bertz CT molecular complexity index is 1200. The molecular weight excluding hydrogens is 486 g/mol. The maximum atomic E-state index is 13.9. The number of nitrogens with zero attached hydrogens (tertiary/aromatic N) is 2. The third kappa shape index (κ3) is 3.51. The minimum atomic E-state index is -2.71. The number of ketones is 4. The average Bonchev–Trinajstić information content (AvgIpc) is 2.77. The fraction of sp³-hybridized carbons (Fsp3) is 0.560. The lowest BCUT2D eigenvalue weighted by molar-refractivity contribution is -0.181. The Labute approximate surface area is 213 Å². The van der Waals surface area contributed by atoms with Gasteiger partial charge in [0.2, 0.25) is 5.91 Å². The first-order valence-electron chi connectivity index (χ1n) is 11.7. The van der Waals surface area contributed by atoms with E-state index < -0.39 is 64.4 Å². The molecule has 0 saturated heterocycles. The normalized spacial score (nSPS) is 31.7. The van der Waals surface area contributed by atoms with E-state index in [9.17, 15) is 34.2 Å². The second-order valence-corrected chi connectivity index (χ2v) is 11.2. The van der Waals surface area contributed by atoms with E-state index in [4.69, 9.17) is 5.73 Å². The number of phenolic OH excluding ortho intramolecular Hbond substituents is 1. The molecule has 3 aliphatic rings. The van der Waals surface area contributed by atoms with Crippen LogP contribution in [0.3, 0.4) is 0 Å². The second kappa shape index (κ2) is 8.97. The lowest BCUT2D eigenvalue weighted by Crippen LogP contribution is -2.74. The number of aliphatic hydroxyl groups is 1. The van der Waals surface area contributed by atoms with Gasteiger partial charge in [0.05, 0.1) is 17.5 Å². The first-order valence-corrected chi connectivity index (χ1v) is 13.1. The molecule has 0 aromatic heterocycles. The van der Waals surface area contributed by atoms with E-state index in [0.717, 1.165) is 5.69 Å². The third-order valence-electron chi connectivity index (χ3n) is 7.90. The van der Waals surface area contributed by atoms with E-state index in [2.05, 4.69) is 0 Å². The van der Waals surface area contributed by atoms with Gasteiger partial charge in [-0.1, -0.05) is 0 Å². The van der Waals surface area contributed by atoms with Crippen LogP contribution in [0.5, 0.6) is 5.75 Å². The van der Waals surface area contributed by atoms with Gasteiger partial charge < -0.3 is 20.8 Å². The van der Waals surface area contributed by atoms with Crippen molar-refractivity contribution in [1.82, 2.24) is 4.90 Å². The zero-order valence-electron chi connectivity index (χ0n) is 20.9. The molecule has 0 spiro atoms. The molecule has 2 unspecified atom stereocenters. The van der Waals surface area contributed by atoms with Gasteiger partial charge in [-0.25, -0.2) is 0 Å². The highest BCUT2D eigenvalue weighted by molar-refractivity contribution is 7.97. The summed E-state index contributed by atoms with van der Waals surface area (Å²) in [6.45, 7) is 0. The molecule has 194 valence electrons. The summed E-state index contributed by atoms with van der Waals surface area (Å²) in [5.74, 6) is -9.83. The van der Waals surface area contributed by atoms with Gasteiger partial charge in [0.15, 0.2) is 34.7 Å². The molecule has 1 amide bonds. The summed E-state index contributed by atoms with van der Waals surface area (Å²) in [6, 6.07) is 0.713. The molecule has 4 N–H and O–H groups in total. The van der Waals surface area contributed by atoms with Crippen molar-refractivity contribution in [3.05, 3.63) is 22.8 Å². The maximum Gasteiger partial charge on any atom is 0.235 e. The quantitative estimate of drug-likeness (QED) is 0.447. The number of aromatic hydroxyl groups is 1. The predicted octanol–water partition coefficient (Wildman–Crippen LogP) is -0.204. The Morgan fingerprint density at radius 2 is 1.81 bits per heavy atom. The molecule has 0 heterocycles. The zero-order valence-corrected chi connectivity index (χ0v) is 21.7. The summed E-state index contributed by atoms with van der Waals surface area (Å²) in [5.41, 5.74) is 4.52. The van der Waals surface area contributed by atoms with E-state index in [-0.39, 0.29) is 24.2 Å². The molecular formula is C25H31N3O7S. The topological polar surface area (TPSA) is 158 Å². The van der Waals surface area contributed by atoms with Crippen molar-refractivity contribution in [2.24, 2.45) is 29.4 Å². The van der Waals surface area contributed by atoms with Crippen molar-refractivity contribution >= 4 is 46.5 Å². The SMILES string of the molecule is CSCc1cc(N(C)C)c2c(c1O)C(=O)C1C(=O)[C@]3(O)C(=O)C(C(N)=O)C(=O)[C@@H](N(C)C)[C@@H]3C[C@@H]1C2. The van der Waals surface area contributed by atoms with Crippen molar-refractivity contribution in [1.29, 1.82) is 0 Å². The number of phenols is 1. The van der Waals surface area contributed by atoms with Gasteiger partial charge in [0.1, 0.15) is 5.75 Å². The molecule has 1 aromatic carbocycles. The van der Waals surface area contributed by atoms with Gasteiger partial charge >= 0.3 is 0 Å². The molecule has 4 rings (SSSR count). The number of thioether (sulfide) groups is 1. The molecule has 2 fully saturated rings. The molecule has 11 heteroatoms. The van der Waals surface area contributed by atoms with Gasteiger partial charge in [-0.3, -0.25) is 28.9 Å². The number of anilines is 1. The van der Waals surface area contributed by atoms with Crippen molar-refractivity contribution in [2.75, 3.05) is 39.3 Å². The van der Waals surface area contributed by atoms with Crippen LogP contribution < -0.4 is 10.6 Å². The molecule has 2 saturated carbocycles. The maximum absolute atomic E-state index is 13.9. The van der Waals surface area contributed by atoms with E-state index in [0.29, 0.717) is 16.9 Å². The van der Waals surface area contributed by atoms with Crippen molar-refractivity contribution in [3.63, 3.8) is 0 Å². The minimum Gasteiger partial charge on any atom is -0.507 e. The Morgan fingerprint density at radius 1 is 1.17 bits per heavy atom. The molecule has 3 aliphatic carbocycles. The number of primary amides is 1. The van der Waals surface area contributed by atoms with Crippen molar-refractivity contribution in [2.45, 2.75) is 30.2 Å². The molecule has 6 atom stereocenters. The molecule has 1 aromatic rings. The highest BCUT2D eigenvalue weighted by Gasteiger charge is 2.69. The van der Waals surface area contributed by atoms with Crippen molar-refractivity contribution < 1.29 is 34.2 Å². The second-order valence-electron chi connectivity index (χ2n) is 10.4. The predicted molar refractivity (Wildman–Crippen MR) is 133 cm³/mol. The average molecular weight is 518 g/mol. The van der Waals surface area contributed by atoms with Crippen LogP contribution in [0, 0.1) is 23.7 Å². The summed E-state index contributed by atoms with van der Waals surface area (Å²) >= 11 is 1.46. The number of benzene rings is 1. The number of nitrogens with two attached hydrogens (primary N) is 1. The number of carbonyl (C=O) groups excluding carboxylic acids is 5. The van der Waals surface area contributed by atoms with E-state index in [1.54, 1.807) is 14.1 Å². The van der Waals surface area contributed by atoms with Gasteiger partial charge in [0, 0.05) is 37.0 Å². The van der Waals surface area contributed by atoms with Crippen LogP contribution in [0.1, 0.15) is 27.9 Å². The largest absolute Gasteiger partial charge is 0.507 e. The van der Waals surface area contributed by atoms with Crippen LogP contribution in [0.25, 0.3) is 0 Å². The Balaban J connectivity index is 1.90. The fourth-order valence-corrected chi connectivity index (χ4v) is 6.90. The summed E-state index contributed by atoms with van der Waals surface area (Å²) in [6.07, 6.45) is 2.13. The number of Topliss-reactive ketones (excluding diaryl/α,β-unsaturated/α-hetero) is 4. The number of hydrogen-bond donors (Lipinski definition) is 3.